The molecule has 0 fully saturated rings. The standard InChI is InChI=1S/C7H12F2O4/c1-7(11,6(10)12-2)4-13-3-5(8)9/h5,11H,3-4H2,1-2H3. The summed E-state index contributed by atoms with van der Waals surface area (Å²) in [5.41, 5.74) is -1.87. The number of ether oxygens (including phenoxy) is 2. The molecule has 6 heteroatoms. The van der Waals surface area contributed by atoms with Gasteiger partial charge >= 0.3 is 5.97 Å². The fraction of sp³-hybridized carbons (Fsp3) is 0.857. The average Bonchev–Trinajstić information content (AvgIpc) is 2.01. The molecule has 0 spiro atoms. The van der Waals surface area contributed by atoms with Crippen molar-refractivity contribution < 1.29 is 28.2 Å². The molecule has 0 aliphatic heterocycles. The molecule has 0 saturated carbocycles. The Morgan fingerprint density at radius 2 is 2.15 bits per heavy atom. The van der Waals surface area contributed by atoms with Crippen molar-refractivity contribution in [3.05, 3.63) is 0 Å². The lowest BCUT2D eigenvalue weighted by Crippen LogP contribution is -2.41. The lowest BCUT2D eigenvalue weighted by atomic mass is 10.1. The highest BCUT2D eigenvalue weighted by Crippen LogP contribution is 2.07. The molecule has 0 aromatic carbocycles. The zero-order chi connectivity index (χ0) is 10.5. The van der Waals surface area contributed by atoms with Crippen LogP contribution < -0.4 is 0 Å². The first-order chi connectivity index (χ1) is 5.90. The number of carbonyl (C=O) groups is 1. The van der Waals surface area contributed by atoms with E-state index in [1.165, 1.54) is 0 Å². The number of hydrogen-bond donors (Lipinski definition) is 1. The molecule has 0 heterocycles. The summed E-state index contributed by atoms with van der Waals surface area (Å²) >= 11 is 0. The van der Waals surface area contributed by atoms with E-state index in [0.29, 0.717) is 0 Å². The predicted octanol–water partition coefficient (Wildman–Crippen LogP) is 0.192. The van der Waals surface area contributed by atoms with Crippen LogP contribution in [0.25, 0.3) is 0 Å². The third-order valence-corrected chi connectivity index (χ3v) is 1.25. The van der Waals surface area contributed by atoms with Gasteiger partial charge in [0.15, 0.2) is 5.60 Å². The van der Waals surface area contributed by atoms with E-state index in [9.17, 15) is 18.7 Å². The molecule has 4 nitrogen and oxygen atoms in total. The first-order valence-corrected chi connectivity index (χ1v) is 3.57. The Labute approximate surface area is 74.4 Å². The van der Waals surface area contributed by atoms with E-state index in [4.69, 9.17) is 0 Å². The summed E-state index contributed by atoms with van der Waals surface area (Å²) in [6, 6.07) is 0. The van der Waals surface area contributed by atoms with Crippen molar-refractivity contribution in [2.24, 2.45) is 0 Å². The van der Waals surface area contributed by atoms with Crippen molar-refractivity contribution >= 4 is 5.97 Å². The number of esters is 1. The van der Waals surface area contributed by atoms with Gasteiger partial charge in [0.2, 0.25) is 0 Å². The van der Waals surface area contributed by atoms with Crippen LogP contribution in [0.3, 0.4) is 0 Å². The molecule has 0 bridgehead atoms. The van der Waals surface area contributed by atoms with Gasteiger partial charge in [0.25, 0.3) is 6.43 Å². The van der Waals surface area contributed by atoms with Crippen molar-refractivity contribution in [3.8, 4) is 0 Å². The quantitative estimate of drug-likeness (QED) is 0.641. The number of hydrogen-bond acceptors (Lipinski definition) is 4. The minimum atomic E-state index is -2.62. The summed E-state index contributed by atoms with van der Waals surface area (Å²) in [7, 11) is 1.09. The molecule has 0 aromatic heterocycles. The lowest BCUT2D eigenvalue weighted by Gasteiger charge is -2.19. The third kappa shape index (κ3) is 4.74. The Hall–Kier alpha value is -0.750. The summed E-state index contributed by atoms with van der Waals surface area (Å²) < 4.78 is 31.7. The fourth-order valence-corrected chi connectivity index (χ4v) is 0.626. The van der Waals surface area contributed by atoms with Crippen molar-refractivity contribution in [1.82, 2.24) is 0 Å². The molecule has 1 N–H and O–H groups in total. The number of aliphatic hydroxyl groups is 1. The molecule has 1 unspecified atom stereocenters. The van der Waals surface area contributed by atoms with Gasteiger partial charge in [0, 0.05) is 0 Å². The zero-order valence-corrected chi connectivity index (χ0v) is 7.42. The van der Waals surface area contributed by atoms with E-state index in [2.05, 4.69) is 9.47 Å². The van der Waals surface area contributed by atoms with Gasteiger partial charge < -0.3 is 14.6 Å². The number of alkyl halides is 2. The Bertz CT molecular complexity index is 170. The second-order valence-corrected chi connectivity index (χ2v) is 2.67. The zero-order valence-electron chi connectivity index (χ0n) is 7.42. The Balaban J connectivity index is 3.82. The van der Waals surface area contributed by atoms with Crippen molar-refractivity contribution in [2.75, 3.05) is 20.3 Å². The first-order valence-electron chi connectivity index (χ1n) is 3.57. The highest BCUT2D eigenvalue weighted by Gasteiger charge is 2.31. The average molecular weight is 198 g/mol. The summed E-state index contributed by atoms with van der Waals surface area (Å²) in [6.07, 6.45) is -2.62. The first kappa shape index (κ1) is 12.2. The third-order valence-electron chi connectivity index (χ3n) is 1.25. The van der Waals surface area contributed by atoms with Crippen molar-refractivity contribution in [1.29, 1.82) is 0 Å². The van der Waals surface area contributed by atoms with E-state index in [0.717, 1.165) is 14.0 Å². The lowest BCUT2D eigenvalue weighted by molar-refractivity contribution is -0.167. The van der Waals surface area contributed by atoms with Crippen LogP contribution in [0.1, 0.15) is 6.92 Å². The van der Waals surface area contributed by atoms with Gasteiger partial charge in [-0.1, -0.05) is 0 Å². The summed E-state index contributed by atoms with van der Waals surface area (Å²) in [4.78, 5) is 10.8. The minimum absolute atomic E-state index is 0.510. The molecular weight excluding hydrogens is 186 g/mol. The molecule has 78 valence electrons. The molecule has 0 saturated heterocycles. The summed E-state index contributed by atoms with van der Waals surface area (Å²) in [5.74, 6) is -0.915. The van der Waals surface area contributed by atoms with Gasteiger partial charge in [-0.2, -0.15) is 0 Å². The van der Waals surface area contributed by atoms with Crippen molar-refractivity contribution in [3.63, 3.8) is 0 Å². The van der Waals surface area contributed by atoms with Crippen LogP contribution in [-0.2, 0) is 14.3 Å². The van der Waals surface area contributed by atoms with Crippen LogP contribution >= 0.6 is 0 Å². The second-order valence-electron chi connectivity index (χ2n) is 2.67. The van der Waals surface area contributed by atoms with Crippen LogP contribution in [0.2, 0.25) is 0 Å². The van der Waals surface area contributed by atoms with E-state index in [1.807, 2.05) is 0 Å². The van der Waals surface area contributed by atoms with Crippen LogP contribution in [0.5, 0.6) is 0 Å². The Kier molecular flexibility index (Phi) is 4.79. The maximum atomic E-state index is 11.6. The Morgan fingerprint density at radius 3 is 2.54 bits per heavy atom. The Morgan fingerprint density at radius 1 is 1.62 bits per heavy atom. The van der Waals surface area contributed by atoms with Gasteiger partial charge in [-0.05, 0) is 6.92 Å². The van der Waals surface area contributed by atoms with Gasteiger partial charge in [-0.3, -0.25) is 0 Å². The van der Waals surface area contributed by atoms with Crippen LogP contribution in [0.4, 0.5) is 8.78 Å². The monoisotopic (exact) mass is 198 g/mol. The minimum Gasteiger partial charge on any atom is -0.467 e. The summed E-state index contributed by atoms with van der Waals surface area (Å²) in [5, 5.41) is 9.25. The molecule has 0 aromatic rings. The van der Waals surface area contributed by atoms with Gasteiger partial charge in [-0.25, -0.2) is 13.6 Å². The molecule has 0 aliphatic carbocycles. The van der Waals surface area contributed by atoms with E-state index >= 15 is 0 Å². The molecule has 0 aliphatic rings. The van der Waals surface area contributed by atoms with Crippen LogP contribution in [-0.4, -0.2) is 43.4 Å². The fourth-order valence-electron chi connectivity index (χ4n) is 0.626. The normalized spacial score (nSPS) is 15.5. The molecule has 0 radical (unpaired) electrons. The van der Waals surface area contributed by atoms with E-state index in [1.54, 1.807) is 0 Å². The highest BCUT2D eigenvalue weighted by molar-refractivity contribution is 5.78. The van der Waals surface area contributed by atoms with E-state index < -0.39 is 31.2 Å². The number of carbonyl (C=O) groups excluding carboxylic acids is 1. The van der Waals surface area contributed by atoms with E-state index in [-0.39, 0.29) is 0 Å². The largest absolute Gasteiger partial charge is 0.467 e. The predicted molar refractivity (Wildman–Crippen MR) is 39.5 cm³/mol. The molecular formula is C7H12F2O4. The second kappa shape index (κ2) is 5.08. The molecule has 0 rings (SSSR count). The maximum Gasteiger partial charge on any atom is 0.339 e. The van der Waals surface area contributed by atoms with Crippen molar-refractivity contribution in [2.45, 2.75) is 19.0 Å². The smallest absolute Gasteiger partial charge is 0.339 e. The molecule has 13 heavy (non-hydrogen) atoms. The number of rotatable bonds is 5. The van der Waals surface area contributed by atoms with Crippen LogP contribution in [0, 0.1) is 0 Å². The van der Waals surface area contributed by atoms with Crippen LogP contribution in [0.15, 0.2) is 0 Å². The van der Waals surface area contributed by atoms with Gasteiger partial charge in [0.1, 0.15) is 6.61 Å². The molecule has 1 atom stereocenters. The van der Waals surface area contributed by atoms with Gasteiger partial charge in [0.05, 0.1) is 13.7 Å². The highest BCUT2D eigenvalue weighted by atomic mass is 19.3. The summed E-state index contributed by atoms with van der Waals surface area (Å²) in [6.45, 7) is -0.193. The topological polar surface area (TPSA) is 55.8 Å². The van der Waals surface area contributed by atoms with Gasteiger partial charge in [-0.15, -0.1) is 0 Å². The maximum absolute atomic E-state index is 11.6. The molecule has 0 amide bonds. The number of halogens is 2. The number of methoxy groups -OCH3 is 1. The SMILES string of the molecule is COC(=O)C(C)(O)COCC(F)F.